The molecule has 3 aromatic rings. The van der Waals surface area contributed by atoms with Gasteiger partial charge in [-0.2, -0.15) is 5.10 Å². The van der Waals surface area contributed by atoms with Gasteiger partial charge in [-0.05, 0) is 29.8 Å². The summed E-state index contributed by atoms with van der Waals surface area (Å²) in [7, 11) is 0. The highest BCUT2D eigenvalue weighted by Crippen LogP contribution is 2.11. The summed E-state index contributed by atoms with van der Waals surface area (Å²) in [5.41, 5.74) is 1.01. The molecule has 0 fully saturated rings. The van der Waals surface area contributed by atoms with Crippen LogP contribution in [0, 0.1) is 0 Å². The predicted octanol–water partition coefficient (Wildman–Crippen LogP) is 2.24. The van der Waals surface area contributed by atoms with Crippen LogP contribution in [0.3, 0.4) is 0 Å². The fourth-order valence-electron chi connectivity index (χ4n) is 2.36. The van der Waals surface area contributed by atoms with Crippen LogP contribution >= 0.6 is 0 Å². The highest BCUT2D eigenvalue weighted by Gasteiger charge is 2.11. The predicted molar refractivity (Wildman–Crippen MR) is 95.4 cm³/mol. The van der Waals surface area contributed by atoms with Gasteiger partial charge in [0.15, 0.2) is 0 Å². The van der Waals surface area contributed by atoms with Gasteiger partial charge >= 0.3 is 5.97 Å². The van der Waals surface area contributed by atoms with Crippen molar-refractivity contribution in [3.8, 4) is 0 Å². The number of nitrogens with zero attached hydrogens (tertiary/aromatic N) is 2. The number of benzene rings is 2. The Balaban J connectivity index is 1.82. The van der Waals surface area contributed by atoms with Crippen LogP contribution in [0.25, 0.3) is 0 Å². The van der Waals surface area contributed by atoms with Gasteiger partial charge in [0.25, 0.3) is 11.5 Å². The molecule has 0 radical (unpaired) electrons. The summed E-state index contributed by atoms with van der Waals surface area (Å²) in [4.78, 5) is 35.4. The summed E-state index contributed by atoms with van der Waals surface area (Å²) in [6.07, 6.45) is 0. The summed E-state index contributed by atoms with van der Waals surface area (Å²) in [5.74, 6) is -1.62. The molecule has 0 aliphatic heterocycles. The van der Waals surface area contributed by atoms with Crippen molar-refractivity contribution in [2.45, 2.75) is 6.54 Å². The first-order valence-corrected chi connectivity index (χ1v) is 7.80. The Bertz CT molecular complexity index is 1010. The molecule has 7 nitrogen and oxygen atoms in total. The van der Waals surface area contributed by atoms with Gasteiger partial charge in [-0.25, -0.2) is 9.48 Å². The van der Waals surface area contributed by atoms with Gasteiger partial charge in [-0.15, -0.1) is 0 Å². The third-order valence-electron chi connectivity index (χ3n) is 3.64. The molecule has 2 aromatic carbocycles. The first kappa shape index (κ1) is 17.1. The summed E-state index contributed by atoms with van der Waals surface area (Å²) in [6, 6.07) is 17.8. The zero-order chi connectivity index (χ0) is 18.5. The summed E-state index contributed by atoms with van der Waals surface area (Å²) >= 11 is 0. The first-order chi connectivity index (χ1) is 12.5. The molecule has 26 heavy (non-hydrogen) atoms. The molecule has 1 amide bonds. The molecule has 0 saturated heterocycles. The molecule has 0 bridgehead atoms. The minimum atomic E-state index is -1.09. The van der Waals surface area contributed by atoms with Crippen LogP contribution in [0.2, 0.25) is 0 Å². The van der Waals surface area contributed by atoms with Gasteiger partial charge in [0.2, 0.25) is 0 Å². The average Bonchev–Trinajstić information content (AvgIpc) is 2.64. The van der Waals surface area contributed by atoms with Crippen molar-refractivity contribution < 1.29 is 14.7 Å². The number of anilines is 1. The van der Waals surface area contributed by atoms with Crippen LogP contribution < -0.4 is 10.9 Å². The summed E-state index contributed by atoms with van der Waals surface area (Å²) in [6.45, 7) is 0.245. The van der Waals surface area contributed by atoms with E-state index < -0.39 is 11.9 Å². The molecule has 0 aliphatic carbocycles. The Morgan fingerprint density at radius 2 is 1.77 bits per heavy atom. The fraction of sp³-hybridized carbons (Fsp3) is 0.0526. The van der Waals surface area contributed by atoms with E-state index in [-0.39, 0.29) is 23.4 Å². The number of hydrogen-bond acceptors (Lipinski definition) is 4. The van der Waals surface area contributed by atoms with Crippen molar-refractivity contribution >= 4 is 17.6 Å². The van der Waals surface area contributed by atoms with Crippen LogP contribution in [-0.2, 0) is 6.54 Å². The van der Waals surface area contributed by atoms with E-state index >= 15 is 0 Å². The van der Waals surface area contributed by atoms with Gasteiger partial charge in [0, 0.05) is 11.8 Å². The quantitative estimate of drug-likeness (QED) is 0.736. The third kappa shape index (κ3) is 4.02. The van der Waals surface area contributed by atoms with Crippen LogP contribution in [0.1, 0.15) is 26.4 Å². The lowest BCUT2D eigenvalue weighted by Crippen LogP contribution is -2.26. The monoisotopic (exact) mass is 349 g/mol. The molecular formula is C19H15N3O4. The number of aromatic nitrogens is 2. The number of hydrogen-bond donors (Lipinski definition) is 2. The molecular weight excluding hydrogens is 334 g/mol. The second-order valence-electron chi connectivity index (χ2n) is 5.54. The van der Waals surface area contributed by atoms with Crippen LogP contribution in [0.4, 0.5) is 5.69 Å². The molecule has 0 atom stereocenters. The number of carboxylic acid groups (broad SMARTS) is 1. The Hall–Kier alpha value is -3.74. The van der Waals surface area contributed by atoms with E-state index in [1.165, 1.54) is 35.0 Å². The van der Waals surface area contributed by atoms with Crippen molar-refractivity contribution in [2.75, 3.05) is 5.32 Å². The normalized spacial score (nSPS) is 10.3. The minimum Gasteiger partial charge on any atom is -0.478 e. The highest BCUT2D eigenvalue weighted by atomic mass is 16.4. The molecule has 7 heteroatoms. The molecule has 1 aromatic heterocycles. The third-order valence-corrected chi connectivity index (χ3v) is 3.64. The summed E-state index contributed by atoms with van der Waals surface area (Å²) in [5, 5.41) is 15.7. The molecule has 2 N–H and O–H groups in total. The van der Waals surface area contributed by atoms with E-state index in [0.717, 1.165) is 5.56 Å². The molecule has 3 rings (SSSR count). The maximum Gasteiger partial charge on any atom is 0.335 e. The van der Waals surface area contributed by atoms with Crippen molar-refractivity contribution in [1.82, 2.24) is 9.78 Å². The van der Waals surface area contributed by atoms with Gasteiger partial charge < -0.3 is 10.4 Å². The summed E-state index contributed by atoms with van der Waals surface area (Å²) < 4.78 is 1.21. The van der Waals surface area contributed by atoms with Crippen LogP contribution in [0.15, 0.2) is 71.5 Å². The topological polar surface area (TPSA) is 101 Å². The second kappa shape index (κ2) is 7.43. The number of amides is 1. The van der Waals surface area contributed by atoms with Crippen molar-refractivity contribution in [2.24, 2.45) is 0 Å². The van der Waals surface area contributed by atoms with E-state index in [9.17, 15) is 14.4 Å². The van der Waals surface area contributed by atoms with E-state index in [1.807, 2.05) is 30.3 Å². The Morgan fingerprint density at radius 1 is 1.00 bits per heavy atom. The number of carbonyl (C=O) groups is 2. The zero-order valence-electron chi connectivity index (χ0n) is 13.6. The van der Waals surface area contributed by atoms with Crippen molar-refractivity contribution in [1.29, 1.82) is 0 Å². The minimum absolute atomic E-state index is 0.0567. The standard InChI is InChI=1S/C19H15N3O4/c23-17-10-9-16(21-22(17)12-13-5-2-1-3-6-13)18(24)20-15-8-4-7-14(11-15)19(25)26/h1-11H,12H2,(H,20,24)(H,25,26). The smallest absolute Gasteiger partial charge is 0.335 e. The van der Waals surface area contributed by atoms with Crippen molar-refractivity contribution in [3.05, 3.63) is 93.9 Å². The Labute approximate surface area is 148 Å². The van der Waals surface area contributed by atoms with E-state index in [4.69, 9.17) is 5.11 Å². The lowest BCUT2D eigenvalue weighted by atomic mass is 10.2. The van der Waals surface area contributed by atoms with E-state index in [1.54, 1.807) is 6.07 Å². The van der Waals surface area contributed by atoms with E-state index in [2.05, 4.69) is 10.4 Å². The van der Waals surface area contributed by atoms with E-state index in [0.29, 0.717) is 5.69 Å². The number of rotatable bonds is 5. The number of carbonyl (C=O) groups excluding carboxylic acids is 1. The lowest BCUT2D eigenvalue weighted by molar-refractivity contribution is 0.0696. The molecule has 0 spiro atoms. The SMILES string of the molecule is O=C(O)c1cccc(NC(=O)c2ccc(=O)n(Cc3ccccc3)n2)c1. The average molecular weight is 349 g/mol. The zero-order valence-corrected chi connectivity index (χ0v) is 13.6. The van der Waals surface area contributed by atoms with Gasteiger partial charge in [0.1, 0.15) is 5.69 Å². The fourth-order valence-corrected chi connectivity index (χ4v) is 2.36. The molecule has 130 valence electrons. The molecule has 1 heterocycles. The Kier molecular flexibility index (Phi) is 4.89. The molecule has 0 saturated carbocycles. The van der Waals surface area contributed by atoms with Gasteiger partial charge in [-0.1, -0.05) is 36.4 Å². The van der Waals surface area contributed by atoms with Crippen LogP contribution in [-0.4, -0.2) is 26.8 Å². The van der Waals surface area contributed by atoms with Gasteiger partial charge in [-0.3, -0.25) is 9.59 Å². The maximum atomic E-state index is 12.4. The maximum absolute atomic E-state index is 12.4. The lowest BCUT2D eigenvalue weighted by Gasteiger charge is -2.08. The number of nitrogens with one attached hydrogen (secondary N) is 1. The van der Waals surface area contributed by atoms with Gasteiger partial charge in [0.05, 0.1) is 12.1 Å². The number of aromatic carboxylic acids is 1. The van der Waals surface area contributed by atoms with Crippen molar-refractivity contribution in [3.63, 3.8) is 0 Å². The number of carboxylic acids is 1. The largest absolute Gasteiger partial charge is 0.478 e. The Morgan fingerprint density at radius 3 is 2.50 bits per heavy atom. The molecule has 0 aliphatic rings. The first-order valence-electron chi connectivity index (χ1n) is 7.80. The van der Waals surface area contributed by atoms with Crippen LogP contribution in [0.5, 0.6) is 0 Å². The highest BCUT2D eigenvalue weighted by molar-refractivity contribution is 6.03. The second-order valence-corrected chi connectivity index (χ2v) is 5.54. The molecule has 0 unspecified atom stereocenters.